The Hall–Kier alpha value is -2.75. The van der Waals surface area contributed by atoms with Crippen molar-refractivity contribution in [2.24, 2.45) is 0 Å². The first-order chi connectivity index (χ1) is 11.1. The number of aryl methyl sites for hydroxylation is 2. The summed E-state index contributed by atoms with van der Waals surface area (Å²) in [4.78, 5) is 15.1. The Morgan fingerprint density at radius 3 is 2.74 bits per heavy atom. The Morgan fingerprint density at radius 1 is 1.04 bits per heavy atom. The molecule has 3 rings (SSSR count). The van der Waals surface area contributed by atoms with Crippen molar-refractivity contribution in [2.75, 3.05) is 11.9 Å². The van der Waals surface area contributed by atoms with Gasteiger partial charge in [0.2, 0.25) is 0 Å². The van der Waals surface area contributed by atoms with Gasteiger partial charge in [0.05, 0.1) is 0 Å². The van der Waals surface area contributed by atoms with Crippen molar-refractivity contribution in [1.82, 2.24) is 10.3 Å². The molecule has 1 aromatic heterocycles. The molecular formula is C19H21N3O. The lowest BCUT2D eigenvalue weighted by molar-refractivity contribution is 0.252. The number of nitrogens with one attached hydrogen (secondary N) is 3. The van der Waals surface area contributed by atoms with Crippen LogP contribution in [-0.2, 0) is 6.42 Å². The highest BCUT2D eigenvalue weighted by atomic mass is 16.2. The van der Waals surface area contributed by atoms with Gasteiger partial charge in [-0.1, -0.05) is 24.3 Å². The number of urea groups is 1. The Kier molecular flexibility index (Phi) is 4.33. The van der Waals surface area contributed by atoms with E-state index >= 15 is 0 Å². The molecule has 0 saturated carbocycles. The summed E-state index contributed by atoms with van der Waals surface area (Å²) >= 11 is 0. The van der Waals surface area contributed by atoms with Crippen molar-refractivity contribution in [1.29, 1.82) is 0 Å². The molecule has 118 valence electrons. The van der Waals surface area contributed by atoms with Crippen molar-refractivity contribution >= 4 is 22.6 Å². The Balaban J connectivity index is 1.51. The third-order valence-corrected chi connectivity index (χ3v) is 4.08. The number of benzene rings is 2. The monoisotopic (exact) mass is 307 g/mol. The second kappa shape index (κ2) is 6.57. The summed E-state index contributed by atoms with van der Waals surface area (Å²) in [6, 6.07) is 14.0. The fourth-order valence-electron chi connectivity index (χ4n) is 2.58. The molecule has 4 nitrogen and oxygen atoms in total. The van der Waals surface area contributed by atoms with Gasteiger partial charge in [0, 0.05) is 23.9 Å². The summed E-state index contributed by atoms with van der Waals surface area (Å²) in [7, 11) is 0. The van der Waals surface area contributed by atoms with Crippen LogP contribution in [0.4, 0.5) is 10.5 Å². The number of H-pyrrole nitrogens is 1. The van der Waals surface area contributed by atoms with Crippen LogP contribution in [0.25, 0.3) is 10.9 Å². The smallest absolute Gasteiger partial charge is 0.319 e. The molecule has 4 heteroatoms. The molecule has 0 fully saturated rings. The average molecular weight is 307 g/mol. The number of rotatable bonds is 4. The second-order valence-electron chi connectivity index (χ2n) is 5.83. The molecule has 3 N–H and O–H groups in total. The number of hydrogen-bond donors (Lipinski definition) is 3. The summed E-state index contributed by atoms with van der Waals surface area (Å²) in [5, 5.41) is 6.89. The van der Waals surface area contributed by atoms with Gasteiger partial charge < -0.3 is 15.6 Å². The number of anilines is 1. The summed E-state index contributed by atoms with van der Waals surface area (Å²) in [5.74, 6) is 0. The minimum absolute atomic E-state index is 0.181. The summed E-state index contributed by atoms with van der Waals surface area (Å²) in [5.41, 5.74) is 5.60. The zero-order chi connectivity index (χ0) is 16.2. The van der Waals surface area contributed by atoms with E-state index < -0.39 is 0 Å². The van der Waals surface area contributed by atoms with E-state index in [1.54, 1.807) is 0 Å². The van der Waals surface area contributed by atoms with Crippen LogP contribution >= 0.6 is 0 Å². The molecule has 2 amide bonds. The number of fused-ring (bicyclic) bond motifs is 1. The van der Waals surface area contributed by atoms with Gasteiger partial charge in [-0.25, -0.2) is 4.79 Å². The van der Waals surface area contributed by atoms with E-state index in [2.05, 4.69) is 47.7 Å². The minimum Gasteiger partial charge on any atom is -0.361 e. The summed E-state index contributed by atoms with van der Waals surface area (Å²) in [6.07, 6.45) is 2.71. The molecule has 0 atom stereocenters. The molecule has 2 aromatic carbocycles. The van der Waals surface area contributed by atoms with Crippen LogP contribution < -0.4 is 10.6 Å². The van der Waals surface area contributed by atoms with Crippen LogP contribution in [0.3, 0.4) is 0 Å². The maximum atomic E-state index is 12.0. The molecular weight excluding hydrogens is 286 g/mol. The van der Waals surface area contributed by atoms with Crippen LogP contribution in [0.1, 0.15) is 16.7 Å². The van der Waals surface area contributed by atoms with Gasteiger partial charge in [-0.15, -0.1) is 0 Å². The lowest BCUT2D eigenvalue weighted by Gasteiger charge is -2.09. The standard InChI is InChI=1S/C19H21N3O/c1-13-3-4-15(11-14(13)2)7-9-21-19(23)22-17-6-5-16-8-10-20-18(16)12-17/h3-6,8,10-12,20H,7,9H2,1-2H3,(H2,21,22,23). The lowest BCUT2D eigenvalue weighted by atomic mass is 10.0. The zero-order valence-corrected chi connectivity index (χ0v) is 13.4. The number of carbonyl (C=O) groups excluding carboxylic acids is 1. The molecule has 0 spiro atoms. The topological polar surface area (TPSA) is 56.9 Å². The van der Waals surface area contributed by atoms with Gasteiger partial charge in [0.15, 0.2) is 0 Å². The highest BCUT2D eigenvalue weighted by Crippen LogP contribution is 2.17. The number of aromatic nitrogens is 1. The fourth-order valence-corrected chi connectivity index (χ4v) is 2.58. The van der Waals surface area contributed by atoms with E-state index in [-0.39, 0.29) is 6.03 Å². The van der Waals surface area contributed by atoms with E-state index in [1.807, 2.05) is 30.5 Å². The number of carbonyl (C=O) groups is 1. The van der Waals surface area contributed by atoms with Crippen molar-refractivity contribution in [3.63, 3.8) is 0 Å². The second-order valence-corrected chi connectivity index (χ2v) is 5.83. The van der Waals surface area contributed by atoms with Gasteiger partial charge >= 0.3 is 6.03 Å². The van der Waals surface area contributed by atoms with Gasteiger partial charge in [0.1, 0.15) is 0 Å². The fraction of sp³-hybridized carbons (Fsp3) is 0.211. The van der Waals surface area contributed by atoms with Crippen LogP contribution in [-0.4, -0.2) is 17.6 Å². The maximum absolute atomic E-state index is 12.0. The van der Waals surface area contributed by atoms with Gasteiger partial charge in [-0.3, -0.25) is 0 Å². The molecule has 0 unspecified atom stereocenters. The molecule has 0 radical (unpaired) electrons. The van der Waals surface area contributed by atoms with Gasteiger partial charge in [-0.05, 0) is 60.5 Å². The van der Waals surface area contributed by atoms with E-state index in [1.165, 1.54) is 16.7 Å². The quantitative estimate of drug-likeness (QED) is 0.666. The van der Waals surface area contributed by atoms with Gasteiger partial charge in [-0.2, -0.15) is 0 Å². The van der Waals surface area contributed by atoms with Crippen molar-refractivity contribution < 1.29 is 4.79 Å². The molecule has 0 aliphatic carbocycles. The highest BCUT2D eigenvalue weighted by molar-refractivity contribution is 5.92. The largest absolute Gasteiger partial charge is 0.361 e. The van der Waals surface area contributed by atoms with E-state index in [0.717, 1.165) is 23.0 Å². The number of aromatic amines is 1. The predicted molar refractivity (Wildman–Crippen MR) is 94.9 cm³/mol. The van der Waals surface area contributed by atoms with Gasteiger partial charge in [0.25, 0.3) is 0 Å². The Morgan fingerprint density at radius 2 is 1.91 bits per heavy atom. The maximum Gasteiger partial charge on any atom is 0.319 e. The van der Waals surface area contributed by atoms with Crippen molar-refractivity contribution in [2.45, 2.75) is 20.3 Å². The number of hydrogen-bond acceptors (Lipinski definition) is 1. The van der Waals surface area contributed by atoms with Crippen molar-refractivity contribution in [3.05, 3.63) is 65.4 Å². The molecule has 1 heterocycles. The molecule has 0 bridgehead atoms. The molecule has 0 aliphatic rings. The SMILES string of the molecule is Cc1ccc(CCNC(=O)Nc2ccc3cc[nH]c3c2)cc1C. The summed E-state index contributed by atoms with van der Waals surface area (Å²) in [6.45, 7) is 4.82. The Bertz CT molecular complexity index is 836. The van der Waals surface area contributed by atoms with E-state index in [4.69, 9.17) is 0 Å². The van der Waals surface area contributed by atoms with Crippen LogP contribution in [0.15, 0.2) is 48.7 Å². The van der Waals surface area contributed by atoms with Crippen molar-refractivity contribution in [3.8, 4) is 0 Å². The van der Waals surface area contributed by atoms with E-state index in [9.17, 15) is 4.79 Å². The zero-order valence-electron chi connectivity index (χ0n) is 13.4. The highest BCUT2D eigenvalue weighted by Gasteiger charge is 2.03. The van der Waals surface area contributed by atoms with Crippen LogP contribution in [0, 0.1) is 13.8 Å². The average Bonchev–Trinajstić information content (AvgIpc) is 2.98. The number of amides is 2. The first-order valence-corrected chi connectivity index (χ1v) is 7.80. The predicted octanol–water partition coefficient (Wildman–Crippen LogP) is 4.15. The third-order valence-electron chi connectivity index (χ3n) is 4.08. The first kappa shape index (κ1) is 15.2. The molecule has 0 aliphatic heterocycles. The van der Waals surface area contributed by atoms with E-state index in [0.29, 0.717) is 6.54 Å². The lowest BCUT2D eigenvalue weighted by Crippen LogP contribution is -2.30. The first-order valence-electron chi connectivity index (χ1n) is 7.80. The minimum atomic E-state index is -0.181. The molecule has 0 saturated heterocycles. The molecule has 23 heavy (non-hydrogen) atoms. The van der Waals surface area contributed by atoms with Crippen LogP contribution in [0.2, 0.25) is 0 Å². The Labute approximate surface area is 135 Å². The normalized spacial score (nSPS) is 10.7. The molecule has 3 aromatic rings. The third kappa shape index (κ3) is 3.72. The summed E-state index contributed by atoms with van der Waals surface area (Å²) < 4.78 is 0. The van der Waals surface area contributed by atoms with Crippen LogP contribution in [0.5, 0.6) is 0 Å².